The Hall–Kier alpha value is -2.30. The molecule has 0 fully saturated rings. The van der Waals surface area contributed by atoms with Gasteiger partial charge >= 0.3 is 11.9 Å². The summed E-state index contributed by atoms with van der Waals surface area (Å²) in [5.41, 5.74) is 0.686. The number of carbonyl (C=O) groups excluding carboxylic acids is 2. The Morgan fingerprint density at radius 1 is 1.27 bits per heavy atom. The van der Waals surface area contributed by atoms with Gasteiger partial charge in [0.15, 0.2) is 11.5 Å². The first-order valence-electron chi connectivity index (χ1n) is 7.05. The predicted octanol–water partition coefficient (Wildman–Crippen LogP) is 3.44. The molecular weight excluding hydrogens is 284 g/mol. The lowest BCUT2D eigenvalue weighted by molar-refractivity contribution is -0.144. The average Bonchev–Trinajstić information content (AvgIpc) is 2.44. The van der Waals surface area contributed by atoms with Crippen molar-refractivity contribution in [3.63, 3.8) is 0 Å². The molecule has 0 aliphatic carbocycles. The van der Waals surface area contributed by atoms with Gasteiger partial charge in [-0.25, -0.2) is 0 Å². The molecule has 0 aromatic heterocycles. The van der Waals surface area contributed by atoms with E-state index in [4.69, 9.17) is 14.2 Å². The Morgan fingerprint density at radius 3 is 2.45 bits per heavy atom. The second-order valence-corrected chi connectivity index (χ2v) is 5.25. The highest BCUT2D eigenvalue weighted by Gasteiger charge is 2.16. The second kappa shape index (κ2) is 8.22. The third-order valence-corrected chi connectivity index (χ3v) is 2.82. The first-order valence-corrected chi connectivity index (χ1v) is 7.05. The first-order chi connectivity index (χ1) is 10.4. The fraction of sp³-hybridized carbons (Fsp3) is 0.412. The van der Waals surface area contributed by atoms with Crippen LogP contribution in [-0.2, 0) is 14.3 Å². The van der Waals surface area contributed by atoms with Crippen LogP contribution in [0.3, 0.4) is 0 Å². The van der Waals surface area contributed by atoms with Gasteiger partial charge in [-0.15, -0.1) is 0 Å². The molecule has 0 radical (unpaired) electrons. The number of ether oxygens (including phenoxy) is 3. The van der Waals surface area contributed by atoms with Gasteiger partial charge < -0.3 is 14.2 Å². The maximum atomic E-state index is 11.7. The lowest BCUT2D eigenvalue weighted by atomic mass is 10.1. The maximum absolute atomic E-state index is 11.7. The molecule has 1 unspecified atom stereocenters. The van der Waals surface area contributed by atoms with E-state index in [0.29, 0.717) is 23.5 Å². The molecule has 0 spiro atoms. The summed E-state index contributed by atoms with van der Waals surface area (Å²) in [6, 6.07) is 4.98. The van der Waals surface area contributed by atoms with Crippen molar-refractivity contribution in [1.29, 1.82) is 0 Å². The Bertz CT molecular complexity index is 548. The van der Waals surface area contributed by atoms with Gasteiger partial charge in [-0.2, -0.15) is 0 Å². The van der Waals surface area contributed by atoms with Crippen LogP contribution < -0.4 is 9.47 Å². The van der Waals surface area contributed by atoms with E-state index in [1.165, 1.54) is 20.1 Å². The van der Waals surface area contributed by atoms with Crippen molar-refractivity contribution >= 4 is 11.9 Å². The summed E-state index contributed by atoms with van der Waals surface area (Å²) < 4.78 is 15.7. The second-order valence-electron chi connectivity index (χ2n) is 5.25. The van der Waals surface area contributed by atoms with Crippen LogP contribution in [0.1, 0.15) is 38.9 Å². The van der Waals surface area contributed by atoms with Crippen molar-refractivity contribution in [2.75, 3.05) is 7.11 Å². The molecule has 22 heavy (non-hydrogen) atoms. The molecule has 0 heterocycles. The van der Waals surface area contributed by atoms with Gasteiger partial charge in [-0.3, -0.25) is 9.59 Å². The molecule has 1 rings (SSSR count). The molecule has 0 saturated carbocycles. The van der Waals surface area contributed by atoms with E-state index >= 15 is 0 Å². The minimum absolute atomic E-state index is 0.215. The van der Waals surface area contributed by atoms with Gasteiger partial charge in [0, 0.05) is 18.9 Å². The summed E-state index contributed by atoms with van der Waals surface area (Å²) in [7, 11) is 1.48. The molecule has 120 valence electrons. The Labute approximate surface area is 130 Å². The van der Waals surface area contributed by atoms with Gasteiger partial charge in [-0.05, 0) is 24.1 Å². The Morgan fingerprint density at radius 2 is 1.95 bits per heavy atom. The quantitative estimate of drug-likeness (QED) is 0.439. The van der Waals surface area contributed by atoms with Crippen molar-refractivity contribution in [3.8, 4) is 11.5 Å². The number of rotatable bonds is 7. The van der Waals surface area contributed by atoms with E-state index in [9.17, 15) is 9.59 Å². The van der Waals surface area contributed by atoms with Gasteiger partial charge in [0.2, 0.25) is 0 Å². The summed E-state index contributed by atoms with van der Waals surface area (Å²) in [6.45, 7) is 8.85. The number of carbonyl (C=O) groups is 2. The minimum Gasteiger partial charge on any atom is -0.493 e. The molecule has 1 aromatic rings. The van der Waals surface area contributed by atoms with Crippen molar-refractivity contribution < 1.29 is 23.8 Å². The number of esters is 2. The third-order valence-electron chi connectivity index (χ3n) is 2.82. The molecule has 0 aliphatic rings. The fourth-order valence-corrected chi connectivity index (χ4v) is 1.87. The third kappa shape index (κ3) is 5.24. The number of hydrogen-bond acceptors (Lipinski definition) is 5. The van der Waals surface area contributed by atoms with E-state index in [1.54, 1.807) is 18.2 Å². The lowest BCUT2D eigenvalue weighted by Crippen LogP contribution is -2.12. The van der Waals surface area contributed by atoms with Crippen LogP contribution in [0.5, 0.6) is 11.5 Å². The molecule has 5 heteroatoms. The zero-order chi connectivity index (χ0) is 16.7. The van der Waals surface area contributed by atoms with Crippen LogP contribution in [0.15, 0.2) is 30.9 Å². The first kappa shape index (κ1) is 17.8. The van der Waals surface area contributed by atoms with Crippen LogP contribution in [0, 0.1) is 5.92 Å². The van der Waals surface area contributed by atoms with Crippen LogP contribution in [0.2, 0.25) is 0 Å². The van der Waals surface area contributed by atoms with Crippen LogP contribution in [-0.4, -0.2) is 19.0 Å². The summed E-state index contributed by atoms with van der Waals surface area (Å²) in [4.78, 5) is 22.8. The molecule has 0 saturated heterocycles. The topological polar surface area (TPSA) is 61.8 Å². The molecule has 0 bridgehead atoms. The summed E-state index contributed by atoms with van der Waals surface area (Å²) >= 11 is 0. The standard InChI is InChI=1S/C17H22O5/c1-6-14(21-12(4)18)13-7-8-15(16(10-13)20-5)22-17(19)9-11(2)3/h6-8,10-11,14H,1,9H2,2-5H3. The van der Waals surface area contributed by atoms with Crippen LogP contribution in [0.4, 0.5) is 0 Å². The van der Waals surface area contributed by atoms with Gasteiger partial charge in [0.05, 0.1) is 7.11 Å². The lowest BCUT2D eigenvalue weighted by Gasteiger charge is -2.16. The van der Waals surface area contributed by atoms with E-state index in [-0.39, 0.29) is 11.9 Å². The number of methoxy groups -OCH3 is 1. The molecular formula is C17H22O5. The predicted molar refractivity (Wildman–Crippen MR) is 82.8 cm³/mol. The number of benzene rings is 1. The maximum Gasteiger partial charge on any atom is 0.311 e. The Kier molecular flexibility index (Phi) is 6.63. The molecule has 1 aromatic carbocycles. The smallest absolute Gasteiger partial charge is 0.311 e. The molecule has 0 N–H and O–H groups in total. The van der Waals surface area contributed by atoms with Crippen molar-refractivity contribution in [2.24, 2.45) is 5.92 Å². The zero-order valence-corrected chi connectivity index (χ0v) is 13.4. The van der Waals surface area contributed by atoms with Crippen molar-refractivity contribution in [1.82, 2.24) is 0 Å². The van der Waals surface area contributed by atoms with Crippen molar-refractivity contribution in [2.45, 2.75) is 33.3 Å². The van der Waals surface area contributed by atoms with Gasteiger partial charge in [0.1, 0.15) is 6.10 Å². The van der Waals surface area contributed by atoms with Gasteiger partial charge in [0.25, 0.3) is 0 Å². The normalized spacial score (nSPS) is 11.7. The molecule has 0 amide bonds. The molecule has 0 aliphatic heterocycles. The highest BCUT2D eigenvalue weighted by Crippen LogP contribution is 2.32. The summed E-state index contributed by atoms with van der Waals surface area (Å²) in [6.07, 6.45) is 1.26. The highest BCUT2D eigenvalue weighted by atomic mass is 16.6. The van der Waals surface area contributed by atoms with Crippen LogP contribution >= 0.6 is 0 Å². The zero-order valence-electron chi connectivity index (χ0n) is 13.4. The summed E-state index contributed by atoms with van der Waals surface area (Å²) in [5.74, 6) is 0.223. The SMILES string of the molecule is C=CC(OC(C)=O)c1ccc(OC(=O)CC(C)C)c(OC)c1. The molecule has 5 nitrogen and oxygen atoms in total. The van der Waals surface area contributed by atoms with E-state index < -0.39 is 12.1 Å². The van der Waals surface area contributed by atoms with Crippen LogP contribution in [0.25, 0.3) is 0 Å². The van der Waals surface area contributed by atoms with Crippen molar-refractivity contribution in [3.05, 3.63) is 36.4 Å². The Balaban J connectivity index is 2.97. The largest absolute Gasteiger partial charge is 0.493 e. The number of hydrogen-bond donors (Lipinski definition) is 0. The monoisotopic (exact) mass is 306 g/mol. The average molecular weight is 306 g/mol. The van der Waals surface area contributed by atoms with E-state index in [2.05, 4.69) is 6.58 Å². The summed E-state index contributed by atoms with van der Waals surface area (Å²) in [5, 5.41) is 0. The van der Waals surface area contributed by atoms with E-state index in [0.717, 1.165) is 0 Å². The minimum atomic E-state index is -0.577. The van der Waals surface area contributed by atoms with E-state index in [1.807, 2.05) is 13.8 Å². The van der Waals surface area contributed by atoms with Gasteiger partial charge in [-0.1, -0.05) is 26.5 Å². The highest BCUT2D eigenvalue weighted by molar-refractivity contribution is 5.73. The fourth-order valence-electron chi connectivity index (χ4n) is 1.87. The molecule has 1 atom stereocenters.